The van der Waals surface area contributed by atoms with Gasteiger partial charge in [-0.2, -0.15) is 18.4 Å². The van der Waals surface area contributed by atoms with Crippen LogP contribution in [-0.4, -0.2) is 28.2 Å². The molecule has 2 aromatic rings. The number of hydrogen-bond acceptors (Lipinski definition) is 2. The first-order valence-electron chi connectivity index (χ1n) is 9.27. The second kappa shape index (κ2) is 6.89. The minimum Gasteiger partial charge on any atom is -0.354 e. The second-order valence-corrected chi connectivity index (χ2v) is 7.74. The summed E-state index contributed by atoms with van der Waals surface area (Å²) >= 11 is 6.20. The van der Waals surface area contributed by atoms with Crippen LogP contribution in [0.4, 0.5) is 13.2 Å². The molecule has 0 N–H and O–H groups in total. The molecule has 1 saturated carbocycles. The molecule has 1 aromatic heterocycles. The Morgan fingerprint density at radius 1 is 1.29 bits per heavy atom. The van der Waals surface area contributed by atoms with E-state index in [2.05, 4.69) is 6.07 Å². The van der Waals surface area contributed by atoms with E-state index in [-0.39, 0.29) is 12.6 Å². The molecule has 2 heterocycles. The fourth-order valence-electron chi connectivity index (χ4n) is 3.96. The van der Waals surface area contributed by atoms with Crippen LogP contribution in [0.3, 0.4) is 0 Å². The summed E-state index contributed by atoms with van der Waals surface area (Å²) in [5.41, 5.74) is 2.20. The summed E-state index contributed by atoms with van der Waals surface area (Å²) < 4.78 is 42.6. The Hall–Kier alpha value is -2.39. The third-order valence-electron chi connectivity index (χ3n) is 5.70. The first-order chi connectivity index (χ1) is 13.3. The molecular formula is C21H19ClF3N3. The molecule has 1 fully saturated rings. The van der Waals surface area contributed by atoms with Crippen LogP contribution >= 0.6 is 11.6 Å². The second-order valence-electron chi connectivity index (χ2n) is 7.30. The molecule has 0 bridgehead atoms. The molecule has 0 saturated heterocycles. The van der Waals surface area contributed by atoms with Gasteiger partial charge in [-0.25, -0.2) is 0 Å². The molecule has 4 rings (SSSR count). The standard InChI is InChI=1S/C21H19ClF3N3/c1-13(21(23,24)25)27-10-3-2-7-18(27)20-17(12-26)16-9-8-14(22)11-19(16)28(20)15-5-4-6-15/h2-3,7-9,11,13,15H,4-6,10H2,1H3/t13-/m0/s1. The molecule has 0 unspecified atom stereocenters. The number of benzene rings is 1. The Morgan fingerprint density at radius 3 is 2.64 bits per heavy atom. The van der Waals surface area contributed by atoms with Crippen LogP contribution in [0.5, 0.6) is 0 Å². The zero-order valence-corrected chi connectivity index (χ0v) is 16.1. The first kappa shape index (κ1) is 18.9. The minimum atomic E-state index is -4.37. The van der Waals surface area contributed by atoms with Crippen molar-refractivity contribution in [3.8, 4) is 6.07 Å². The molecule has 2 aliphatic rings. The molecule has 1 aromatic carbocycles. The molecule has 0 spiro atoms. The average Bonchev–Trinajstić information content (AvgIpc) is 2.92. The summed E-state index contributed by atoms with van der Waals surface area (Å²) in [4.78, 5) is 1.33. The highest BCUT2D eigenvalue weighted by molar-refractivity contribution is 6.31. The van der Waals surface area contributed by atoms with Crippen molar-refractivity contribution in [3.05, 3.63) is 52.7 Å². The summed E-state index contributed by atoms with van der Waals surface area (Å²) in [6.07, 6.45) is 3.70. The van der Waals surface area contributed by atoms with E-state index >= 15 is 0 Å². The van der Waals surface area contributed by atoms with E-state index in [0.717, 1.165) is 37.1 Å². The molecule has 28 heavy (non-hydrogen) atoms. The van der Waals surface area contributed by atoms with E-state index in [1.54, 1.807) is 36.4 Å². The lowest BCUT2D eigenvalue weighted by Crippen LogP contribution is -2.43. The van der Waals surface area contributed by atoms with Crippen LogP contribution in [-0.2, 0) is 0 Å². The topological polar surface area (TPSA) is 32.0 Å². The molecular weight excluding hydrogens is 387 g/mol. The highest BCUT2D eigenvalue weighted by atomic mass is 35.5. The highest BCUT2D eigenvalue weighted by Gasteiger charge is 2.42. The predicted octanol–water partition coefficient (Wildman–Crippen LogP) is 6.05. The number of allylic oxidation sites excluding steroid dienone is 2. The molecule has 0 amide bonds. The molecule has 1 aliphatic carbocycles. The van der Waals surface area contributed by atoms with E-state index in [0.29, 0.717) is 22.0 Å². The monoisotopic (exact) mass is 405 g/mol. The maximum absolute atomic E-state index is 13.5. The minimum absolute atomic E-state index is 0.143. The molecule has 146 valence electrons. The summed E-state index contributed by atoms with van der Waals surface area (Å²) in [7, 11) is 0. The fraction of sp³-hybridized carbons (Fsp3) is 0.381. The van der Waals surface area contributed by atoms with Crippen molar-refractivity contribution in [1.29, 1.82) is 5.26 Å². The number of aromatic nitrogens is 1. The van der Waals surface area contributed by atoms with Crippen molar-refractivity contribution in [2.75, 3.05) is 6.54 Å². The number of alkyl halides is 3. The Bertz CT molecular complexity index is 1020. The lowest BCUT2D eigenvalue weighted by atomic mass is 9.92. The number of nitrogens with zero attached hydrogens (tertiary/aromatic N) is 3. The van der Waals surface area contributed by atoms with E-state index in [1.807, 2.05) is 4.57 Å². The van der Waals surface area contributed by atoms with E-state index in [4.69, 9.17) is 11.6 Å². The van der Waals surface area contributed by atoms with Crippen LogP contribution in [0.2, 0.25) is 5.02 Å². The quantitative estimate of drug-likeness (QED) is 0.622. The van der Waals surface area contributed by atoms with Gasteiger partial charge >= 0.3 is 6.18 Å². The SMILES string of the molecule is C[C@H](N1CC=CC=C1c1c(C#N)c2ccc(Cl)cc2n1C1CCC1)C(F)(F)F. The third kappa shape index (κ3) is 2.98. The van der Waals surface area contributed by atoms with Gasteiger partial charge in [0.05, 0.1) is 22.5 Å². The van der Waals surface area contributed by atoms with Crippen LogP contribution < -0.4 is 0 Å². The Labute approximate surface area is 166 Å². The fourth-order valence-corrected chi connectivity index (χ4v) is 4.13. The van der Waals surface area contributed by atoms with Gasteiger partial charge in [-0.15, -0.1) is 0 Å². The first-order valence-corrected chi connectivity index (χ1v) is 9.65. The summed E-state index contributed by atoms with van der Waals surface area (Å²) in [5, 5.41) is 11.2. The van der Waals surface area contributed by atoms with Crippen molar-refractivity contribution < 1.29 is 13.2 Å². The lowest BCUT2D eigenvalue weighted by molar-refractivity contribution is -0.169. The summed E-state index contributed by atoms with van der Waals surface area (Å²) in [6.45, 7) is 1.30. The van der Waals surface area contributed by atoms with Gasteiger partial charge in [0.25, 0.3) is 0 Å². The molecule has 3 nitrogen and oxygen atoms in total. The van der Waals surface area contributed by atoms with E-state index in [1.165, 1.54) is 4.90 Å². The van der Waals surface area contributed by atoms with Crippen LogP contribution in [0.25, 0.3) is 16.6 Å². The van der Waals surface area contributed by atoms with Crippen LogP contribution in [0, 0.1) is 11.3 Å². The van der Waals surface area contributed by atoms with Crippen molar-refractivity contribution in [2.45, 2.75) is 44.4 Å². The number of halogens is 4. The van der Waals surface area contributed by atoms with Gasteiger partial charge in [0, 0.05) is 23.0 Å². The molecule has 1 aliphatic heterocycles. The van der Waals surface area contributed by atoms with Gasteiger partial charge in [0.2, 0.25) is 0 Å². The smallest absolute Gasteiger partial charge is 0.354 e. The number of hydrogen-bond donors (Lipinski definition) is 0. The Kier molecular flexibility index (Phi) is 4.67. The number of nitriles is 1. The maximum atomic E-state index is 13.5. The van der Waals surface area contributed by atoms with E-state index < -0.39 is 12.2 Å². The summed E-state index contributed by atoms with van der Waals surface area (Å²) in [6, 6.07) is 6.04. The Morgan fingerprint density at radius 2 is 2.04 bits per heavy atom. The van der Waals surface area contributed by atoms with Gasteiger partial charge in [-0.1, -0.05) is 23.8 Å². The van der Waals surface area contributed by atoms with Crippen molar-refractivity contribution >= 4 is 28.2 Å². The third-order valence-corrected chi connectivity index (χ3v) is 5.94. The van der Waals surface area contributed by atoms with Gasteiger partial charge in [0.1, 0.15) is 12.1 Å². The number of rotatable bonds is 3. The number of fused-ring (bicyclic) bond motifs is 1. The van der Waals surface area contributed by atoms with Gasteiger partial charge < -0.3 is 9.47 Å². The zero-order chi connectivity index (χ0) is 20.1. The molecule has 1 atom stereocenters. The normalized spacial score (nSPS) is 18.7. The molecule has 7 heteroatoms. The van der Waals surface area contributed by atoms with Crippen molar-refractivity contribution in [1.82, 2.24) is 9.47 Å². The van der Waals surface area contributed by atoms with Gasteiger partial charge in [0.15, 0.2) is 0 Å². The van der Waals surface area contributed by atoms with Crippen molar-refractivity contribution in [3.63, 3.8) is 0 Å². The Balaban J connectivity index is 1.98. The lowest BCUT2D eigenvalue weighted by Gasteiger charge is -2.37. The van der Waals surface area contributed by atoms with Gasteiger partial charge in [-0.3, -0.25) is 0 Å². The van der Waals surface area contributed by atoms with Gasteiger partial charge in [-0.05, 0) is 50.5 Å². The maximum Gasteiger partial charge on any atom is 0.408 e. The largest absolute Gasteiger partial charge is 0.408 e. The van der Waals surface area contributed by atoms with Crippen LogP contribution in [0.1, 0.15) is 43.5 Å². The predicted molar refractivity (Wildman–Crippen MR) is 104 cm³/mol. The summed E-state index contributed by atoms with van der Waals surface area (Å²) in [5.74, 6) is 0. The average molecular weight is 406 g/mol. The highest BCUT2D eigenvalue weighted by Crippen LogP contribution is 2.43. The van der Waals surface area contributed by atoms with Crippen LogP contribution in [0.15, 0.2) is 36.4 Å². The van der Waals surface area contributed by atoms with Crippen molar-refractivity contribution in [2.24, 2.45) is 0 Å². The van der Waals surface area contributed by atoms with E-state index in [9.17, 15) is 18.4 Å². The zero-order valence-electron chi connectivity index (χ0n) is 15.3. The molecule has 0 radical (unpaired) electrons.